The topological polar surface area (TPSA) is 55.8 Å². The van der Waals surface area contributed by atoms with E-state index in [9.17, 15) is 4.79 Å². The molecule has 2 aromatic carbocycles. The molecular formula is C18H20O4. The van der Waals surface area contributed by atoms with Crippen molar-refractivity contribution in [1.29, 1.82) is 0 Å². The van der Waals surface area contributed by atoms with Crippen LogP contribution in [0, 0.1) is 0 Å². The fraction of sp³-hybridized carbons (Fsp3) is 0.389. The maximum Gasteiger partial charge on any atom is 0.337 e. The summed E-state index contributed by atoms with van der Waals surface area (Å²) in [6.07, 6.45) is 4.15. The molecule has 1 aliphatic rings. The average Bonchev–Trinajstić information content (AvgIpc) is 3.00. The molecule has 22 heavy (non-hydrogen) atoms. The van der Waals surface area contributed by atoms with Gasteiger partial charge in [0.05, 0.1) is 6.10 Å². The number of fused-ring (bicyclic) bond motifs is 1. The summed E-state index contributed by atoms with van der Waals surface area (Å²) in [6.45, 7) is 0. The van der Waals surface area contributed by atoms with Crippen LogP contribution in [0.3, 0.4) is 0 Å². The third-order valence-electron chi connectivity index (χ3n) is 4.20. The number of rotatable bonds is 5. The van der Waals surface area contributed by atoms with Crippen molar-refractivity contribution in [2.45, 2.75) is 37.9 Å². The van der Waals surface area contributed by atoms with Gasteiger partial charge in [-0.05, 0) is 60.2 Å². The van der Waals surface area contributed by atoms with Gasteiger partial charge in [0.2, 0.25) is 0 Å². The molecule has 3 rings (SSSR count). The van der Waals surface area contributed by atoms with Gasteiger partial charge in [0, 0.05) is 7.11 Å². The molecule has 116 valence electrons. The van der Waals surface area contributed by atoms with E-state index in [1.165, 1.54) is 20.0 Å². The summed E-state index contributed by atoms with van der Waals surface area (Å²) in [5.41, 5.74) is 0.645. The standard InChI is InChI=1S/C18H20O4/c1-21-17(18(19)20)14-7-6-13-11-16(9-8-12(13)10-14)22-15-4-2-3-5-15/h6-11,15,17H,2-5H2,1H3,(H,19,20). The number of carbonyl (C=O) groups is 1. The van der Waals surface area contributed by atoms with Crippen molar-refractivity contribution in [3.8, 4) is 5.75 Å². The van der Waals surface area contributed by atoms with Crippen molar-refractivity contribution in [3.63, 3.8) is 0 Å². The molecule has 0 aliphatic heterocycles. The number of hydrogen-bond acceptors (Lipinski definition) is 3. The highest BCUT2D eigenvalue weighted by atomic mass is 16.5. The minimum Gasteiger partial charge on any atom is -0.490 e. The third-order valence-corrected chi connectivity index (χ3v) is 4.20. The second-order valence-electron chi connectivity index (χ2n) is 5.75. The predicted molar refractivity (Wildman–Crippen MR) is 84.2 cm³/mol. The van der Waals surface area contributed by atoms with Crippen LogP contribution in [0.15, 0.2) is 36.4 Å². The first kappa shape index (κ1) is 14.9. The Hall–Kier alpha value is -2.07. The zero-order chi connectivity index (χ0) is 15.5. The monoisotopic (exact) mass is 300 g/mol. The Morgan fingerprint density at radius 3 is 2.50 bits per heavy atom. The Morgan fingerprint density at radius 1 is 1.14 bits per heavy atom. The zero-order valence-electron chi connectivity index (χ0n) is 12.6. The van der Waals surface area contributed by atoms with Crippen molar-refractivity contribution < 1.29 is 19.4 Å². The molecule has 0 saturated heterocycles. The van der Waals surface area contributed by atoms with Crippen molar-refractivity contribution in [2.24, 2.45) is 0 Å². The number of ether oxygens (including phenoxy) is 2. The molecule has 0 bridgehead atoms. The molecule has 1 aliphatic carbocycles. The van der Waals surface area contributed by atoms with Gasteiger partial charge in [-0.3, -0.25) is 0 Å². The number of carboxylic acid groups (broad SMARTS) is 1. The highest BCUT2D eigenvalue weighted by Gasteiger charge is 2.19. The van der Waals surface area contributed by atoms with Crippen molar-refractivity contribution in [2.75, 3.05) is 7.11 Å². The summed E-state index contributed by atoms with van der Waals surface area (Å²) in [4.78, 5) is 11.2. The number of benzene rings is 2. The Bertz CT molecular complexity index is 674. The van der Waals surface area contributed by atoms with Crippen LogP contribution in [0.4, 0.5) is 0 Å². The molecule has 1 saturated carbocycles. The first-order valence-electron chi connectivity index (χ1n) is 7.63. The number of methoxy groups -OCH3 is 1. The van der Waals surface area contributed by atoms with E-state index in [1.54, 1.807) is 6.07 Å². The Morgan fingerprint density at radius 2 is 1.82 bits per heavy atom. The molecule has 0 radical (unpaired) electrons. The SMILES string of the molecule is COC(C(=O)O)c1ccc2cc(OC3CCCC3)ccc2c1. The normalized spacial score (nSPS) is 16.8. The molecule has 1 N–H and O–H groups in total. The van der Waals surface area contributed by atoms with E-state index in [1.807, 2.05) is 30.3 Å². The quantitative estimate of drug-likeness (QED) is 0.909. The molecule has 1 fully saturated rings. The lowest BCUT2D eigenvalue weighted by molar-refractivity contribution is -0.148. The molecule has 0 heterocycles. The summed E-state index contributed by atoms with van der Waals surface area (Å²) < 4.78 is 11.0. The fourth-order valence-electron chi connectivity index (χ4n) is 3.06. The molecular weight excluding hydrogens is 280 g/mol. The van der Waals surface area contributed by atoms with Gasteiger partial charge < -0.3 is 14.6 Å². The van der Waals surface area contributed by atoms with E-state index in [4.69, 9.17) is 14.6 Å². The van der Waals surface area contributed by atoms with Gasteiger partial charge in [0.25, 0.3) is 0 Å². The molecule has 1 unspecified atom stereocenters. The van der Waals surface area contributed by atoms with Crippen molar-refractivity contribution >= 4 is 16.7 Å². The van der Waals surface area contributed by atoms with Crippen LogP contribution >= 0.6 is 0 Å². The first-order valence-corrected chi connectivity index (χ1v) is 7.63. The number of carboxylic acids is 1. The minimum atomic E-state index is -0.983. The van der Waals surface area contributed by atoms with Crippen molar-refractivity contribution in [1.82, 2.24) is 0 Å². The van der Waals surface area contributed by atoms with Crippen LogP contribution in [-0.4, -0.2) is 24.3 Å². The maximum absolute atomic E-state index is 11.2. The number of hydrogen-bond donors (Lipinski definition) is 1. The largest absolute Gasteiger partial charge is 0.490 e. The van der Waals surface area contributed by atoms with Crippen LogP contribution in [0.2, 0.25) is 0 Å². The summed E-state index contributed by atoms with van der Waals surface area (Å²) in [7, 11) is 1.40. The van der Waals surface area contributed by atoms with Gasteiger partial charge in [-0.15, -0.1) is 0 Å². The molecule has 0 spiro atoms. The molecule has 0 aromatic heterocycles. The number of aliphatic carboxylic acids is 1. The lowest BCUT2D eigenvalue weighted by Crippen LogP contribution is -2.13. The zero-order valence-corrected chi connectivity index (χ0v) is 12.6. The van der Waals surface area contributed by atoms with Gasteiger partial charge in [0.1, 0.15) is 5.75 Å². The average molecular weight is 300 g/mol. The Kier molecular flexibility index (Phi) is 4.29. The third kappa shape index (κ3) is 3.07. The van der Waals surface area contributed by atoms with E-state index in [0.29, 0.717) is 11.7 Å². The molecule has 0 amide bonds. The maximum atomic E-state index is 11.2. The molecule has 1 atom stereocenters. The van der Waals surface area contributed by atoms with Gasteiger partial charge in [-0.1, -0.05) is 18.2 Å². The summed E-state index contributed by atoms with van der Waals surface area (Å²) in [5, 5.41) is 11.2. The minimum absolute atomic E-state index is 0.335. The van der Waals surface area contributed by atoms with E-state index >= 15 is 0 Å². The highest BCUT2D eigenvalue weighted by molar-refractivity contribution is 5.86. The smallest absolute Gasteiger partial charge is 0.337 e. The second-order valence-corrected chi connectivity index (χ2v) is 5.75. The van der Waals surface area contributed by atoms with Crippen LogP contribution in [0.25, 0.3) is 10.8 Å². The van der Waals surface area contributed by atoms with E-state index < -0.39 is 12.1 Å². The Labute approximate surface area is 129 Å². The molecule has 4 heteroatoms. The van der Waals surface area contributed by atoms with Crippen LogP contribution in [0.5, 0.6) is 5.75 Å². The van der Waals surface area contributed by atoms with Gasteiger partial charge in [-0.2, -0.15) is 0 Å². The summed E-state index contributed by atoms with van der Waals surface area (Å²) >= 11 is 0. The first-order chi connectivity index (χ1) is 10.7. The molecule has 4 nitrogen and oxygen atoms in total. The van der Waals surface area contributed by atoms with Gasteiger partial charge >= 0.3 is 5.97 Å². The van der Waals surface area contributed by atoms with Crippen LogP contribution < -0.4 is 4.74 Å². The fourth-order valence-corrected chi connectivity index (χ4v) is 3.06. The van der Waals surface area contributed by atoms with Crippen molar-refractivity contribution in [3.05, 3.63) is 42.0 Å². The summed E-state index contributed by atoms with van der Waals surface area (Å²) in [5.74, 6) is -0.100. The van der Waals surface area contributed by atoms with Crippen LogP contribution in [0.1, 0.15) is 37.4 Å². The second kappa shape index (κ2) is 6.36. The predicted octanol–water partition coefficient (Wildman–Crippen LogP) is 3.93. The highest BCUT2D eigenvalue weighted by Crippen LogP contribution is 2.28. The summed E-state index contributed by atoms with van der Waals surface area (Å²) in [6, 6.07) is 11.5. The lowest BCUT2D eigenvalue weighted by Gasteiger charge is -2.14. The van der Waals surface area contributed by atoms with E-state index in [-0.39, 0.29) is 0 Å². The van der Waals surface area contributed by atoms with E-state index in [0.717, 1.165) is 29.4 Å². The Balaban J connectivity index is 1.85. The van der Waals surface area contributed by atoms with Gasteiger partial charge in [0.15, 0.2) is 6.10 Å². The van der Waals surface area contributed by atoms with Crippen LogP contribution in [-0.2, 0) is 9.53 Å². The van der Waals surface area contributed by atoms with Gasteiger partial charge in [-0.25, -0.2) is 4.79 Å². The molecule has 2 aromatic rings. The lowest BCUT2D eigenvalue weighted by atomic mass is 10.0. The van der Waals surface area contributed by atoms with E-state index in [2.05, 4.69) is 0 Å².